The van der Waals surface area contributed by atoms with Crippen LogP contribution in [-0.2, 0) is 14.0 Å². The topological polar surface area (TPSA) is 47.9 Å². The summed E-state index contributed by atoms with van der Waals surface area (Å²) in [5.74, 6) is -0.309. The van der Waals surface area contributed by atoms with Crippen molar-refractivity contribution in [1.82, 2.24) is 0 Å². The van der Waals surface area contributed by atoms with Gasteiger partial charge in [-0.15, -0.1) is 0 Å². The average Bonchev–Trinajstić information content (AvgIpc) is 2.31. The monoisotopic (exact) mass is 301 g/mol. The molecular formula is C15H31NO3Si. The lowest BCUT2D eigenvalue weighted by Gasteiger charge is -2.38. The normalized spacial score (nSPS) is 13.8. The molecule has 0 aliphatic carbocycles. The molecule has 0 fully saturated rings. The zero-order valence-corrected chi connectivity index (χ0v) is 15.4. The third-order valence-corrected chi connectivity index (χ3v) is 8.33. The molecule has 0 saturated carbocycles. The molecule has 0 aliphatic heterocycles. The molecule has 0 amide bonds. The number of carbonyl (C=O) groups excluding carboxylic acids is 1. The van der Waals surface area contributed by atoms with Gasteiger partial charge in [0.1, 0.15) is 6.54 Å². The highest BCUT2D eigenvalue weighted by Gasteiger charge is 2.38. The van der Waals surface area contributed by atoms with Crippen LogP contribution in [0.4, 0.5) is 0 Å². The fraction of sp³-hybridized carbons (Fsp3) is 0.867. The molecule has 4 nitrogen and oxygen atoms in total. The zero-order chi connectivity index (χ0) is 16.0. The molecule has 0 aromatic heterocycles. The molecule has 0 spiro atoms. The molecule has 0 aromatic rings. The predicted molar refractivity (Wildman–Crippen MR) is 86.9 cm³/mol. The Labute approximate surface area is 125 Å². The van der Waals surface area contributed by atoms with Gasteiger partial charge in [0, 0.05) is 12.8 Å². The van der Waals surface area contributed by atoms with Gasteiger partial charge >= 0.3 is 5.97 Å². The summed E-state index contributed by atoms with van der Waals surface area (Å²) in [6.45, 7) is 16.4. The maximum Gasteiger partial charge on any atom is 0.327 e. The van der Waals surface area contributed by atoms with Crippen molar-refractivity contribution in [3.8, 4) is 0 Å². The van der Waals surface area contributed by atoms with Crippen molar-refractivity contribution in [2.75, 3.05) is 20.3 Å². The average molecular weight is 302 g/mol. The van der Waals surface area contributed by atoms with E-state index in [9.17, 15) is 4.79 Å². The Morgan fingerprint density at radius 2 is 1.75 bits per heavy atom. The number of hydrogen-bond donors (Lipinski definition) is 0. The van der Waals surface area contributed by atoms with Crippen LogP contribution in [0.1, 0.15) is 41.0 Å². The molecule has 0 saturated heterocycles. The Morgan fingerprint density at radius 3 is 2.20 bits per heavy atom. The highest BCUT2D eigenvalue weighted by Crippen LogP contribution is 2.37. The van der Waals surface area contributed by atoms with E-state index in [1.54, 1.807) is 6.21 Å². The van der Waals surface area contributed by atoms with Crippen LogP contribution in [0.5, 0.6) is 0 Å². The highest BCUT2D eigenvalue weighted by molar-refractivity contribution is 6.74. The summed E-state index contributed by atoms with van der Waals surface area (Å²) in [7, 11) is -0.335. The fourth-order valence-corrected chi connectivity index (χ4v) is 2.35. The molecule has 0 unspecified atom stereocenters. The van der Waals surface area contributed by atoms with E-state index in [1.807, 2.05) is 0 Å². The van der Waals surface area contributed by atoms with E-state index in [4.69, 9.17) is 4.43 Å². The van der Waals surface area contributed by atoms with Crippen molar-refractivity contribution in [3.63, 3.8) is 0 Å². The van der Waals surface area contributed by atoms with Crippen molar-refractivity contribution >= 4 is 20.5 Å². The van der Waals surface area contributed by atoms with E-state index in [1.165, 1.54) is 7.11 Å². The van der Waals surface area contributed by atoms with Crippen LogP contribution in [0.25, 0.3) is 0 Å². The first-order valence-corrected chi connectivity index (χ1v) is 10.0. The Balaban J connectivity index is 4.30. The number of hydrogen-bond acceptors (Lipinski definition) is 4. The number of esters is 1. The maximum atomic E-state index is 10.9. The molecular weight excluding hydrogens is 270 g/mol. The molecule has 20 heavy (non-hydrogen) atoms. The van der Waals surface area contributed by atoms with Crippen LogP contribution in [0.3, 0.4) is 0 Å². The molecule has 0 heterocycles. The summed E-state index contributed by atoms with van der Waals surface area (Å²) in [5.41, 5.74) is 0.0230. The number of rotatable bonds is 7. The minimum absolute atomic E-state index is 0.0230. The van der Waals surface area contributed by atoms with Crippen LogP contribution in [-0.4, -0.2) is 40.8 Å². The van der Waals surface area contributed by atoms with Crippen molar-refractivity contribution in [2.24, 2.45) is 10.4 Å². The lowest BCUT2D eigenvalue weighted by Crippen LogP contribution is -2.43. The van der Waals surface area contributed by atoms with Crippen LogP contribution in [0, 0.1) is 5.41 Å². The van der Waals surface area contributed by atoms with Gasteiger partial charge in [-0.2, -0.15) is 0 Å². The van der Waals surface area contributed by atoms with E-state index in [0.29, 0.717) is 6.61 Å². The van der Waals surface area contributed by atoms with Gasteiger partial charge in [0.05, 0.1) is 7.11 Å². The number of carbonyl (C=O) groups is 1. The Hall–Kier alpha value is -0.683. The first kappa shape index (κ1) is 19.3. The van der Waals surface area contributed by atoms with Gasteiger partial charge in [-0.25, -0.2) is 0 Å². The molecule has 118 valence electrons. The smallest absolute Gasteiger partial charge is 0.327 e. The second kappa shape index (κ2) is 7.36. The summed E-state index contributed by atoms with van der Waals surface area (Å²) in [6, 6.07) is 0. The lowest BCUT2D eigenvalue weighted by atomic mass is 9.91. The molecule has 0 aliphatic rings. The summed E-state index contributed by atoms with van der Waals surface area (Å²) in [4.78, 5) is 15.0. The van der Waals surface area contributed by atoms with Gasteiger partial charge in [0.25, 0.3) is 0 Å². The minimum atomic E-state index is -1.70. The van der Waals surface area contributed by atoms with Crippen LogP contribution in [0.15, 0.2) is 4.99 Å². The Bertz CT molecular complexity index is 344. The van der Waals surface area contributed by atoms with E-state index >= 15 is 0 Å². The Kier molecular flexibility index (Phi) is 7.11. The van der Waals surface area contributed by atoms with Gasteiger partial charge in [-0.05, 0) is 30.0 Å². The molecule has 0 N–H and O–H groups in total. The van der Waals surface area contributed by atoms with E-state index in [0.717, 1.165) is 6.42 Å². The van der Waals surface area contributed by atoms with Crippen molar-refractivity contribution < 1.29 is 14.0 Å². The SMILES string of the molecule is COC(=O)C/N=C/CC(C)(C)CO[Si](C)(C)C(C)(C)C. The van der Waals surface area contributed by atoms with Crippen molar-refractivity contribution in [1.29, 1.82) is 0 Å². The predicted octanol–water partition coefficient (Wildman–Crippen LogP) is 3.67. The van der Waals surface area contributed by atoms with Crippen LogP contribution >= 0.6 is 0 Å². The van der Waals surface area contributed by atoms with E-state index < -0.39 is 8.32 Å². The summed E-state index contributed by atoms with van der Waals surface area (Å²) in [5, 5.41) is 0.224. The third kappa shape index (κ3) is 7.19. The number of ether oxygens (including phenoxy) is 1. The molecule has 0 bridgehead atoms. The fourth-order valence-electron chi connectivity index (χ4n) is 1.17. The second-order valence-corrected chi connectivity index (χ2v) is 12.3. The number of nitrogens with zero attached hydrogens (tertiary/aromatic N) is 1. The second-order valence-electron chi connectivity index (χ2n) is 7.52. The minimum Gasteiger partial charge on any atom is -0.468 e. The third-order valence-electron chi connectivity index (χ3n) is 3.85. The number of methoxy groups -OCH3 is 1. The van der Waals surface area contributed by atoms with E-state index in [-0.39, 0.29) is 23.0 Å². The molecule has 0 rings (SSSR count). The quantitative estimate of drug-likeness (QED) is 0.409. The first-order valence-electron chi connectivity index (χ1n) is 7.10. The maximum absolute atomic E-state index is 10.9. The van der Waals surface area contributed by atoms with E-state index in [2.05, 4.69) is 57.4 Å². The molecule has 0 aromatic carbocycles. The first-order chi connectivity index (χ1) is 8.91. The highest BCUT2D eigenvalue weighted by atomic mass is 28.4. The van der Waals surface area contributed by atoms with Crippen LogP contribution in [0.2, 0.25) is 18.1 Å². The number of aliphatic imine (C=N–C) groups is 1. The van der Waals surface area contributed by atoms with Crippen LogP contribution < -0.4 is 0 Å². The summed E-state index contributed by atoms with van der Waals surface area (Å²) < 4.78 is 10.8. The Morgan fingerprint density at radius 1 is 1.20 bits per heavy atom. The molecule has 0 radical (unpaired) electrons. The zero-order valence-electron chi connectivity index (χ0n) is 14.4. The van der Waals surface area contributed by atoms with Gasteiger partial charge < -0.3 is 9.16 Å². The van der Waals surface area contributed by atoms with Gasteiger partial charge in [-0.3, -0.25) is 9.79 Å². The lowest BCUT2D eigenvalue weighted by molar-refractivity contribution is -0.138. The molecule has 5 heteroatoms. The standard InChI is InChI=1S/C15H31NO3Si/c1-14(2,3)20(7,8)19-12-15(4,5)9-10-16-11-13(17)18-6/h10H,9,11-12H2,1-8H3/b16-10+. The molecule has 0 atom stereocenters. The largest absolute Gasteiger partial charge is 0.468 e. The van der Waals surface area contributed by atoms with Gasteiger partial charge in [0.15, 0.2) is 8.32 Å². The van der Waals surface area contributed by atoms with Crippen molar-refractivity contribution in [2.45, 2.75) is 59.2 Å². The van der Waals surface area contributed by atoms with Crippen molar-refractivity contribution in [3.05, 3.63) is 0 Å². The summed E-state index contributed by atoms with van der Waals surface area (Å²) in [6.07, 6.45) is 2.59. The van der Waals surface area contributed by atoms with Gasteiger partial charge in [0.2, 0.25) is 0 Å². The summed E-state index contributed by atoms with van der Waals surface area (Å²) >= 11 is 0. The van der Waals surface area contributed by atoms with Gasteiger partial charge in [-0.1, -0.05) is 34.6 Å².